The van der Waals surface area contributed by atoms with Crippen molar-refractivity contribution in [3.63, 3.8) is 0 Å². The summed E-state index contributed by atoms with van der Waals surface area (Å²) in [6.07, 6.45) is 12.4. The molecule has 3 aliphatic rings. The SMILES string of the molecule is O=S1(=O)CCN2C=CC=C(c3ccc(C4CCCCC4)cc3)C2=N1. The Morgan fingerprint density at radius 3 is 2.54 bits per heavy atom. The largest absolute Gasteiger partial charge is 0.331 e. The fourth-order valence-corrected chi connectivity index (χ4v) is 4.80. The van der Waals surface area contributed by atoms with Gasteiger partial charge in [-0.05, 0) is 42.0 Å². The Morgan fingerprint density at radius 2 is 1.79 bits per heavy atom. The lowest BCUT2D eigenvalue weighted by molar-refractivity contribution is 0.443. The predicted molar refractivity (Wildman–Crippen MR) is 97.3 cm³/mol. The van der Waals surface area contributed by atoms with Crippen molar-refractivity contribution >= 4 is 21.4 Å². The molecule has 126 valence electrons. The zero-order valence-corrected chi connectivity index (χ0v) is 14.5. The summed E-state index contributed by atoms with van der Waals surface area (Å²) in [6.45, 7) is 0.467. The van der Waals surface area contributed by atoms with Crippen LogP contribution >= 0.6 is 0 Å². The highest BCUT2D eigenvalue weighted by Gasteiger charge is 2.27. The monoisotopic (exact) mass is 342 g/mol. The molecule has 1 aromatic rings. The van der Waals surface area contributed by atoms with Crippen molar-refractivity contribution in [1.82, 2.24) is 4.90 Å². The Hall–Kier alpha value is -1.88. The molecule has 0 radical (unpaired) electrons. The van der Waals surface area contributed by atoms with E-state index in [1.807, 2.05) is 23.3 Å². The van der Waals surface area contributed by atoms with Crippen LogP contribution < -0.4 is 0 Å². The third-order valence-corrected chi connectivity index (χ3v) is 6.31. The summed E-state index contributed by atoms with van der Waals surface area (Å²) in [5.74, 6) is 1.31. The highest BCUT2D eigenvalue weighted by molar-refractivity contribution is 7.90. The lowest BCUT2D eigenvalue weighted by Crippen LogP contribution is -2.37. The molecule has 2 aliphatic heterocycles. The van der Waals surface area contributed by atoms with E-state index in [9.17, 15) is 8.42 Å². The first-order chi connectivity index (χ1) is 11.6. The van der Waals surface area contributed by atoms with E-state index in [4.69, 9.17) is 0 Å². The Bertz CT molecular complexity index is 813. The van der Waals surface area contributed by atoms with Gasteiger partial charge in [0.2, 0.25) is 0 Å². The number of amidine groups is 1. The van der Waals surface area contributed by atoms with Gasteiger partial charge >= 0.3 is 0 Å². The molecule has 0 unspecified atom stereocenters. The van der Waals surface area contributed by atoms with Crippen LogP contribution in [0, 0.1) is 0 Å². The van der Waals surface area contributed by atoms with Crippen LogP contribution in [0.1, 0.15) is 49.1 Å². The molecular weight excluding hydrogens is 320 g/mol. The van der Waals surface area contributed by atoms with E-state index in [0.29, 0.717) is 18.3 Å². The minimum atomic E-state index is -3.35. The van der Waals surface area contributed by atoms with E-state index in [1.54, 1.807) is 0 Å². The third kappa shape index (κ3) is 3.05. The lowest BCUT2D eigenvalue weighted by atomic mass is 9.83. The normalized spacial score (nSPS) is 23.4. The van der Waals surface area contributed by atoms with Crippen LogP contribution in [0.3, 0.4) is 0 Å². The van der Waals surface area contributed by atoms with Gasteiger partial charge in [-0.25, -0.2) is 8.42 Å². The fourth-order valence-electron chi connectivity index (χ4n) is 3.81. The van der Waals surface area contributed by atoms with Crippen LogP contribution in [0.4, 0.5) is 0 Å². The second kappa shape index (κ2) is 6.20. The molecule has 4 nitrogen and oxygen atoms in total. The molecule has 1 aliphatic carbocycles. The molecule has 1 fully saturated rings. The van der Waals surface area contributed by atoms with Crippen LogP contribution in [0.5, 0.6) is 0 Å². The third-order valence-electron chi connectivity index (χ3n) is 5.16. The minimum absolute atomic E-state index is 0.0781. The molecule has 4 rings (SSSR count). The van der Waals surface area contributed by atoms with Gasteiger partial charge in [0, 0.05) is 18.3 Å². The predicted octanol–water partition coefficient (Wildman–Crippen LogP) is 3.69. The summed E-state index contributed by atoms with van der Waals surface area (Å²) in [7, 11) is -3.35. The average molecular weight is 342 g/mol. The molecule has 0 aromatic heterocycles. The van der Waals surface area contributed by atoms with Crippen molar-refractivity contribution in [2.24, 2.45) is 4.40 Å². The van der Waals surface area contributed by atoms with E-state index in [-0.39, 0.29) is 5.75 Å². The van der Waals surface area contributed by atoms with Gasteiger partial charge in [0.15, 0.2) is 5.84 Å². The summed E-state index contributed by atoms with van der Waals surface area (Å²) in [5.41, 5.74) is 3.32. The van der Waals surface area contributed by atoms with Crippen LogP contribution in [0.25, 0.3) is 5.57 Å². The van der Waals surface area contributed by atoms with Crippen molar-refractivity contribution < 1.29 is 8.42 Å². The van der Waals surface area contributed by atoms with E-state index >= 15 is 0 Å². The second-order valence-corrected chi connectivity index (χ2v) is 8.53. The standard InChI is InChI=1S/C19H22N2O2S/c22-24(23)14-13-21-12-4-7-18(19(21)20-24)17-10-8-16(9-11-17)15-5-2-1-3-6-15/h4,7-12,15H,1-3,5-6,13-14H2. The van der Waals surface area contributed by atoms with Crippen molar-refractivity contribution in [3.8, 4) is 0 Å². The van der Waals surface area contributed by atoms with Gasteiger partial charge in [-0.2, -0.15) is 0 Å². The number of hydrogen-bond donors (Lipinski definition) is 0. The second-order valence-electron chi connectivity index (χ2n) is 6.77. The van der Waals surface area contributed by atoms with E-state index in [2.05, 4.69) is 28.7 Å². The summed E-state index contributed by atoms with van der Waals surface area (Å²) in [4.78, 5) is 1.92. The van der Waals surface area contributed by atoms with Gasteiger partial charge < -0.3 is 4.90 Å². The maximum absolute atomic E-state index is 11.9. The molecule has 0 atom stereocenters. The van der Waals surface area contributed by atoms with Crippen LogP contribution in [-0.4, -0.2) is 31.5 Å². The molecule has 0 N–H and O–H groups in total. The van der Waals surface area contributed by atoms with Crippen molar-refractivity contribution in [2.75, 3.05) is 12.3 Å². The average Bonchev–Trinajstić information content (AvgIpc) is 2.61. The lowest BCUT2D eigenvalue weighted by Gasteiger charge is -2.29. The topological polar surface area (TPSA) is 49.7 Å². The highest BCUT2D eigenvalue weighted by atomic mass is 32.2. The number of rotatable bonds is 2. The zero-order valence-electron chi connectivity index (χ0n) is 13.7. The smallest absolute Gasteiger partial charge is 0.256 e. The Balaban J connectivity index is 1.64. The summed E-state index contributed by atoms with van der Waals surface area (Å²) >= 11 is 0. The highest BCUT2D eigenvalue weighted by Crippen LogP contribution is 2.33. The first-order valence-corrected chi connectivity index (χ1v) is 10.3. The molecule has 5 heteroatoms. The van der Waals surface area contributed by atoms with Crippen molar-refractivity contribution in [3.05, 3.63) is 53.7 Å². The summed E-state index contributed by atoms with van der Waals surface area (Å²) in [5, 5.41) is 0. The molecule has 0 bridgehead atoms. The van der Waals surface area contributed by atoms with Gasteiger partial charge in [0.1, 0.15) is 0 Å². The Morgan fingerprint density at radius 1 is 1.04 bits per heavy atom. The molecule has 1 aromatic carbocycles. The molecule has 0 amide bonds. The van der Waals surface area contributed by atoms with Gasteiger partial charge in [-0.1, -0.05) is 43.5 Å². The molecule has 0 spiro atoms. The van der Waals surface area contributed by atoms with E-state index in [1.165, 1.54) is 37.7 Å². The van der Waals surface area contributed by atoms with Crippen LogP contribution in [-0.2, 0) is 10.0 Å². The molecule has 24 heavy (non-hydrogen) atoms. The quantitative estimate of drug-likeness (QED) is 0.823. The maximum atomic E-state index is 11.9. The van der Waals surface area contributed by atoms with Gasteiger partial charge in [-0.15, -0.1) is 4.40 Å². The zero-order chi connectivity index (χ0) is 16.6. The molecule has 0 saturated heterocycles. The minimum Gasteiger partial charge on any atom is -0.331 e. The first-order valence-electron chi connectivity index (χ1n) is 8.71. The fraction of sp³-hybridized carbons (Fsp3) is 0.421. The summed E-state index contributed by atoms with van der Waals surface area (Å²) < 4.78 is 27.8. The number of fused-ring (bicyclic) bond motifs is 1. The van der Waals surface area contributed by atoms with E-state index in [0.717, 1.165) is 11.1 Å². The first kappa shape index (κ1) is 15.6. The molecular formula is C19H22N2O2S. The van der Waals surface area contributed by atoms with Crippen LogP contribution in [0.15, 0.2) is 47.0 Å². The number of benzene rings is 1. The number of sulfonamides is 1. The Kier molecular flexibility index (Phi) is 4.04. The van der Waals surface area contributed by atoms with Gasteiger partial charge in [-0.3, -0.25) is 0 Å². The number of nitrogens with zero attached hydrogens (tertiary/aromatic N) is 2. The molecule has 2 heterocycles. The summed E-state index contributed by atoms with van der Waals surface area (Å²) in [6, 6.07) is 8.62. The van der Waals surface area contributed by atoms with Gasteiger partial charge in [0.05, 0.1) is 5.75 Å². The number of hydrogen-bond acceptors (Lipinski definition) is 3. The van der Waals surface area contributed by atoms with Crippen LogP contribution in [0.2, 0.25) is 0 Å². The van der Waals surface area contributed by atoms with Crippen molar-refractivity contribution in [1.29, 1.82) is 0 Å². The maximum Gasteiger partial charge on any atom is 0.256 e. The Labute approximate surface area is 143 Å². The number of allylic oxidation sites excluding steroid dienone is 2. The van der Waals surface area contributed by atoms with Crippen molar-refractivity contribution in [2.45, 2.75) is 38.0 Å². The van der Waals surface area contributed by atoms with Gasteiger partial charge in [0.25, 0.3) is 10.0 Å². The van der Waals surface area contributed by atoms with E-state index < -0.39 is 10.0 Å². The molecule has 1 saturated carbocycles.